The molecule has 0 saturated carbocycles. The molecule has 9 heteroatoms. The highest BCUT2D eigenvalue weighted by molar-refractivity contribution is 5.77. The molecule has 0 aliphatic carbocycles. The van der Waals surface area contributed by atoms with E-state index in [1.54, 1.807) is 17.5 Å². The normalized spacial score (nSPS) is 15.7. The van der Waals surface area contributed by atoms with Gasteiger partial charge in [0.05, 0.1) is 18.7 Å². The van der Waals surface area contributed by atoms with Crippen molar-refractivity contribution in [3.63, 3.8) is 0 Å². The smallest absolute Gasteiger partial charge is 0.416 e. The minimum absolute atomic E-state index is 0.169. The number of benzene rings is 1. The number of halogens is 3. The topological polar surface area (TPSA) is 63.5 Å². The number of ether oxygens (including phenoxy) is 1. The van der Waals surface area contributed by atoms with E-state index in [4.69, 9.17) is 4.74 Å². The van der Waals surface area contributed by atoms with Gasteiger partial charge in [-0.2, -0.15) is 18.2 Å². The van der Waals surface area contributed by atoms with Crippen LogP contribution < -0.4 is 15.4 Å². The van der Waals surface area contributed by atoms with E-state index in [0.717, 1.165) is 42.7 Å². The lowest BCUT2D eigenvalue weighted by atomic mass is 10.0. The zero-order valence-corrected chi connectivity index (χ0v) is 16.6. The minimum atomic E-state index is -4.39. The van der Waals surface area contributed by atoms with E-state index >= 15 is 0 Å². The van der Waals surface area contributed by atoms with Gasteiger partial charge >= 0.3 is 12.2 Å². The van der Waals surface area contributed by atoms with E-state index in [-0.39, 0.29) is 6.01 Å². The summed E-state index contributed by atoms with van der Waals surface area (Å²) in [6.07, 6.45) is 0.573. The summed E-state index contributed by atoms with van der Waals surface area (Å²) in [5.41, 5.74) is 2.81. The molecule has 0 amide bonds. The maximum atomic E-state index is 13.1. The SMILES string of the molecule is COc1nc(N[C@H](C)c2cccc(C(F)(F)F)c2)c2cc(C3=CCNCC3)cn2n1. The predicted molar refractivity (Wildman–Crippen MR) is 108 cm³/mol. The Morgan fingerprint density at radius 2 is 2.10 bits per heavy atom. The van der Waals surface area contributed by atoms with Crippen molar-refractivity contribution in [2.24, 2.45) is 0 Å². The van der Waals surface area contributed by atoms with Gasteiger partial charge in [0.25, 0.3) is 0 Å². The zero-order valence-electron chi connectivity index (χ0n) is 16.6. The first-order valence-corrected chi connectivity index (χ1v) is 9.63. The molecule has 0 spiro atoms. The zero-order chi connectivity index (χ0) is 21.3. The van der Waals surface area contributed by atoms with Crippen LogP contribution in [0.3, 0.4) is 0 Å². The molecule has 1 aliphatic heterocycles. The van der Waals surface area contributed by atoms with Crippen molar-refractivity contribution < 1.29 is 17.9 Å². The number of nitrogens with zero attached hydrogens (tertiary/aromatic N) is 3. The van der Waals surface area contributed by atoms with Gasteiger partial charge in [-0.15, -0.1) is 5.10 Å². The van der Waals surface area contributed by atoms with Crippen LogP contribution in [0, 0.1) is 0 Å². The number of aromatic nitrogens is 3. The second-order valence-corrected chi connectivity index (χ2v) is 7.18. The van der Waals surface area contributed by atoms with Crippen molar-refractivity contribution in [1.82, 2.24) is 19.9 Å². The molecule has 3 aromatic rings. The molecule has 6 nitrogen and oxygen atoms in total. The number of methoxy groups -OCH3 is 1. The van der Waals surface area contributed by atoms with Gasteiger partial charge in [0.15, 0.2) is 5.82 Å². The van der Waals surface area contributed by atoms with Gasteiger partial charge in [0.2, 0.25) is 0 Å². The van der Waals surface area contributed by atoms with Crippen LogP contribution in [0.2, 0.25) is 0 Å². The molecule has 0 unspecified atom stereocenters. The molecule has 0 radical (unpaired) electrons. The number of hydrogen-bond donors (Lipinski definition) is 2. The van der Waals surface area contributed by atoms with Crippen LogP contribution in [0.4, 0.5) is 19.0 Å². The van der Waals surface area contributed by atoms with Crippen LogP contribution >= 0.6 is 0 Å². The van der Waals surface area contributed by atoms with Crippen molar-refractivity contribution in [2.75, 3.05) is 25.5 Å². The minimum Gasteiger partial charge on any atom is -0.466 e. The van der Waals surface area contributed by atoms with E-state index in [2.05, 4.69) is 26.8 Å². The molecule has 3 heterocycles. The molecule has 2 aromatic heterocycles. The molecule has 1 atom stereocenters. The van der Waals surface area contributed by atoms with Crippen molar-refractivity contribution >= 4 is 16.9 Å². The van der Waals surface area contributed by atoms with Gasteiger partial charge in [-0.1, -0.05) is 18.2 Å². The van der Waals surface area contributed by atoms with Crippen LogP contribution in [0.1, 0.15) is 36.1 Å². The van der Waals surface area contributed by atoms with Gasteiger partial charge in [-0.3, -0.25) is 0 Å². The molecule has 1 aliphatic rings. The summed E-state index contributed by atoms with van der Waals surface area (Å²) in [5.74, 6) is 0.493. The molecule has 0 bridgehead atoms. The summed E-state index contributed by atoms with van der Waals surface area (Å²) in [7, 11) is 1.47. The third-order valence-corrected chi connectivity index (χ3v) is 5.13. The molecule has 2 N–H and O–H groups in total. The number of nitrogens with one attached hydrogen (secondary N) is 2. The van der Waals surface area contributed by atoms with Crippen LogP contribution in [0.15, 0.2) is 42.6 Å². The Morgan fingerprint density at radius 1 is 1.27 bits per heavy atom. The Morgan fingerprint density at radius 3 is 2.80 bits per heavy atom. The largest absolute Gasteiger partial charge is 0.466 e. The number of rotatable bonds is 5. The van der Waals surface area contributed by atoms with Gasteiger partial charge in [0, 0.05) is 12.7 Å². The fourth-order valence-corrected chi connectivity index (χ4v) is 3.50. The Bertz CT molecular complexity index is 1090. The van der Waals surface area contributed by atoms with Crippen LogP contribution in [0.5, 0.6) is 6.01 Å². The van der Waals surface area contributed by atoms with E-state index in [1.165, 1.54) is 18.7 Å². The molecule has 4 rings (SSSR count). The Balaban J connectivity index is 1.69. The summed E-state index contributed by atoms with van der Waals surface area (Å²) in [6, 6.07) is 7.02. The highest BCUT2D eigenvalue weighted by Crippen LogP contribution is 2.32. The lowest BCUT2D eigenvalue weighted by Crippen LogP contribution is -2.19. The molecule has 0 saturated heterocycles. The second kappa shape index (κ2) is 7.98. The fraction of sp³-hybridized carbons (Fsp3) is 0.333. The molecular weight excluding hydrogens is 395 g/mol. The summed E-state index contributed by atoms with van der Waals surface area (Å²) < 4.78 is 46.1. The number of anilines is 1. The van der Waals surface area contributed by atoms with Crippen LogP contribution in [0.25, 0.3) is 11.1 Å². The van der Waals surface area contributed by atoms with Crippen molar-refractivity contribution in [3.05, 3.63) is 59.3 Å². The molecule has 0 fully saturated rings. The molecule has 1 aromatic carbocycles. The van der Waals surface area contributed by atoms with E-state index in [1.807, 2.05) is 12.3 Å². The van der Waals surface area contributed by atoms with Crippen molar-refractivity contribution in [3.8, 4) is 6.01 Å². The predicted octanol–water partition coefficient (Wildman–Crippen LogP) is 4.31. The Kier molecular flexibility index (Phi) is 5.38. The first-order chi connectivity index (χ1) is 14.3. The third-order valence-electron chi connectivity index (χ3n) is 5.13. The Hall–Kier alpha value is -3.07. The third kappa shape index (κ3) is 4.11. The monoisotopic (exact) mass is 417 g/mol. The fourth-order valence-electron chi connectivity index (χ4n) is 3.50. The lowest BCUT2D eigenvalue weighted by molar-refractivity contribution is -0.137. The van der Waals surface area contributed by atoms with Crippen molar-refractivity contribution in [2.45, 2.75) is 25.6 Å². The van der Waals surface area contributed by atoms with Crippen LogP contribution in [-0.4, -0.2) is 34.8 Å². The van der Waals surface area contributed by atoms with E-state index in [9.17, 15) is 13.2 Å². The summed E-state index contributed by atoms with van der Waals surface area (Å²) >= 11 is 0. The maximum absolute atomic E-state index is 13.1. The standard InChI is InChI=1S/C21H22F3N5O/c1-13(15-4-3-5-17(10-15)21(22,23)24)26-19-18-11-16(14-6-8-25-9-7-14)12-29(18)28-20(27-19)30-2/h3-6,10-13,25H,7-9H2,1-2H3,(H,26,27,28)/t13-/m1/s1. The lowest BCUT2D eigenvalue weighted by Gasteiger charge is -2.17. The number of hydrogen-bond acceptors (Lipinski definition) is 5. The quantitative estimate of drug-likeness (QED) is 0.648. The highest BCUT2D eigenvalue weighted by Gasteiger charge is 2.30. The van der Waals surface area contributed by atoms with E-state index in [0.29, 0.717) is 11.4 Å². The van der Waals surface area contributed by atoms with Gasteiger partial charge < -0.3 is 15.4 Å². The van der Waals surface area contributed by atoms with Crippen molar-refractivity contribution in [1.29, 1.82) is 0 Å². The summed E-state index contributed by atoms with van der Waals surface area (Å²) in [5, 5.41) is 10.9. The van der Waals surface area contributed by atoms with Gasteiger partial charge in [-0.25, -0.2) is 4.52 Å². The summed E-state index contributed by atoms with van der Waals surface area (Å²) in [6.45, 7) is 3.51. The molecular formula is C21H22F3N5O. The maximum Gasteiger partial charge on any atom is 0.416 e. The highest BCUT2D eigenvalue weighted by atomic mass is 19.4. The number of fused-ring (bicyclic) bond motifs is 1. The average molecular weight is 417 g/mol. The number of alkyl halides is 3. The summed E-state index contributed by atoms with van der Waals surface area (Å²) in [4.78, 5) is 4.40. The first kappa shape index (κ1) is 20.2. The molecule has 158 valence electrons. The van der Waals surface area contributed by atoms with Crippen LogP contribution in [-0.2, 0) is 6.18 Å². The first-order valence-electron chi connectivity index (χ1n) is 9.63. The van der Waals surface area contributed by atoms with Gasteiger partial charge in [0.1, 0.15) is 5.52 Å². The molecule has 30 heavy (non-hydrogen) atoms. The van der Waals surface area contributed by atoms with E-state index < -0.39 is 17.8 Å². The average Bonchev–Trinajstić information content (AvgIpc) is 3.18. The van der Waals surface area contributed by atoms with Gasteiger partial charge in [-0.05, 0) is 54.8 Å². The second-order valence-electron chi connectivity index (χ2n) is 7.18. The Labute approximate surface area is 171 Å².